The lowest BCUT2D eigenvalue weighted by Gasteiger charge is -2.10. The molecule has 0 atom stereocenters. The average molecular weight is 409 g/mol. The number of hydrogen-bond donors (Lipinski definition) is 1. The minimum Gasteiger partial charge on any atom is -0.492 e. The van der Waals surface area contributed by atoms with E-state index in [1.807, 2.05) is 14.1 Å². The van der Waals surface area contributed by atoms with Gasteiger partial charge in [-0.2, -0.15) is 0 Å². The van der Waals surface area contributed by atoms with Crippen LogP contribution in [-0.2, 0) is 4.79 Å². The van der Waals surface area contributed by atoms with Crippen LogP contribution in [0.1, 0.15) is 23.2 Å². The zero-order valence-electron chi connectivity index (χ0n) is 15.3. The van der Waals surface area contributed by atoms with Gasteiger partial charge in [-0.3, -0.25) is 9.59 Å². The number of rotatable bonds is 9. The summed E-state index contributed by atoms with van der Waals surface area (Å²) in [6, 6.07) is 11.9. The Morgan fingerprint density at radius 2 is 1.89 bits per heavy atom. The minimum atomic E-state index is -0.141. The number of nitrogens with one attached hydrogen (secondary N) is 1. The third-order valence-corrected chi connectivity index (χ3v) is 4.16. The second-order valence-electron chi connectivity index (χ2n) is 6.32. The number of Topliss-reactive ketones (excluding diaryl/α,β-unsaturated/α-hetero) is 1. The maximum Gasteiger partial charge on any atom is 0.224 e. The molecule has 0 radical (unpaired) electrons. The number of amides is 1. The first-order chi connectivity index (χ1) is 12.8. The third kappa shape index (κ3) is 7.21. The van der Waals surface area contributed by atoms with E-state index in [0.29, 0.717) is 53.0 Å². The van der Waals surface area contributed by atoms with Crippen LogP contribution in [0.25, 0.3) is 0 Å². The Bertz CT molecular complexity index is 810. The van der Waals surface area contributed by atoms with Crippen molar-refractivity contribution in [3.05, 3.63) is 58.1 Å². The second kappa shape index (κ2) is 10.3. The summed E-state index contributed by atoms with van der Waals surface area (Å²) in [5.74, 6) is 0.399. The van der Waals surface area contributed by atoms with Gasteiger partial charge in [-0.15, -0.1) is 0 Å². The Morgan fingerprint density at radius 1 is 1.11 bits per heavy atom. The van der Waals surface area contributed by atoms with Crippen molar-refractivity contribution in [3.63, 3.8) is 0 Å². The van der Waals surface area contributed by atoms with Crippen molar-refractivity contribution in [3.8, 4) is 5.75 Å². The Labute approximate surface area is 169 Å². The van der Waals surface area contributed by atoms with E-state index in [0.717, 1.165) is 0 Å². The number of nitrogens with zero attached hydrogens (tertiary/aromatic N) is 1. The second-order valence-corrected chi connectivity index (χ2v) is 7.16. The minimum absolute atomic E-state index is 0.00402. The van der Waals surface area contributed by atoms with Crippen LogP contribution in [0.2, 0.25) is 10.0 Å². The predicted molar refractivity (Wildman–Crippen MR) is 109 cm³/mol. The van der Waals surface area contributed by atoms with Crippen molar-refractivity contribution in [2.45, 2.75) is 12.8 Å². The monoisotopic (exact) mass is 408 g/mol. The molecular weight excluding hydrogens is 387 g/mol. The first kappa shape index (κ1) is 21.2. The molecule has 0 aliphatic rings. The summed E-state index contributed by atoms with van der Waals surface area (Å²) >= 11 is 11.9. The van der Waals surface area contributed by atoms with Crippen molar-refractivity contribution >= 4 is 40.6 Å². The highest BCUT2D eigenvalue weighted by atomic mass is 35.5. The van der Waals surface area contributed by atoms with Gasteiger partial charge in [-0.25, -0.2) is 0 Å². The van der Waals surface area contributed by atoms with Crippen molar-refractivity contribution < 1.29 is 14.3 Å². The fourth-order valence-electron chi connectivity index (χ4n) is 2.38. The van der Waals surface area contributed by atoms with Crippen LogP contribution >= 0.6 is 23.2 Å². The number of benzene rings is 2. The standard InChI is InChI=1S/C20H22Cl2N2O3/c1-24(2)13-18(25)14-5-3-6-16(11-14)23-20(26)7-4-10-27-19-9-8-15(21)12-17(19)22/h3,5-6,8-9,11-12H,4,7,10,13H2,1-2H3,(H,23,26). The molecule has 5 nitrogen and oxygen atoms in total. The summed E-state index contributed by atoms with van der Waals surface area (Å²) in [6.07, 6.45) is 0.825. The van der Waals surface area contributed by atoms with E-state index in [2.05, 4.69) is 5.32 Å². The molecule has 0 saturated carbocycles. The molecule has 0 saturated heterocycles. The van der Waals surface area contributed by atoms with E-state index < -0.39 is 0 Å². The molecule has 144 valence electrons. The number of carbonyl (C=O) groups is 2. The molecule has 2 aromatic rings. The molecule has 0 aliphatic carbocycles. The van der Waals surface area contributed by atoms with E-state index in [-0.39, 0.29) is 11.7 Å². The van der Waals surface area contributed by atoms with Gasteiger partial charge in [-0.05, 0) is 50.8 Å². The summed E-state index contributed by atoms with van der Waals surface area (Å²) in [7, 11) is 3.67. The van der Waals surface area contributed by atoms with Crippen LogP contribution in [0.15, 0.2) is 42.5 Å². The molecule has 0 unspecified atom stereocenters. The molecular formula is C20H22Cl2N2O3. The first-order valence-electron chi connectivity index (χ1n) is 8.51. The fraction of sp³-hybridized carbons (Fsp3) is 0.300. The highest BCUT2D eigenvalue weighted by Crippen LogP contribution is 2.27. The van der Waals surface area contributed by atoms with E-state index in [1.54, 1.807) is 47.4 Å². The highest BCUT2D eigenvalue weighted by molar-refractivity contribution is 6.35. The van der Waals surface area contributed by atoms with Crippen molar-refractivity contribution in [2.75, 3.05) is 32.6 Å². The summed E-state index contributed by atoms with van der Waals surface area (Å²) in [4.78, 5) is 26.0. The van der Waals surface area contributed by atoms with Crippen LogP contribution in [0.3, 0.4) is 0 Å². The quantitative estimate of drug-likeness (QED) is 0.488. The Kier molecular flexibility index (Phi) is 8.10. The van der Waals surface area contributed by atoms with Gasteiger partial charge >= 0.3 is 0 Å². The smallest absolute Gasteiger partial charge is 0.224 e. The van der Waals surface area contributed by atoms with Gasteiger partial charge in [0.1, 0.15) is 5.75 Å². The number of ketones is 1. The fourth-order valence-corrected chi connectivity index (χ4v) is 2.84. The van der Waals surface area contributed by atoms with Crippen LogP contribution in [0.5, 0.6) is 5.75 Å². The summed E-state index contributed by atoms with van der Waals surface area (Å²) in [5.41, 5.74) is 1.17. The zero-order valence-corrected chi connectivity index (χ0v) is 16.8. The Morgan fingerprint density at radius 3 is 2.59 bits per heavy atom. The predicted octanol–water partition coefficient (Wildman–Crippen LogP) is 4.54. The zero-order chi connectivity index (χ0) is 19.8. The number of ether oxygens (including phenoxy) is 1. The number of halogens is 2. The number of anilines is 1. The normalized spacial score (nSPS) is 10.7. The number of hydrogen-bond acceptors (Lipinski definition) is 4. The molecule has 0 heterocycles. The molecule has 0 fully saturated rings. The highest BCUT2D eigenvalue weighted by Gasteiger charge is 2.09. The number of likely N-dealkylation sites (N-methyl/N-ethyl adjacent to an activating group) is 1. The summed E-state index contributed by atoms with van der Waals surface area (Å²) < 4.78 is 5.56. The topological polar surface area (TPSA) is 58.6 Å². The molecule has 7 heteroatoms. The molecule has 2 aromatic carbocycles. The molecule has 1 amide bonds. The maximum absolute atomic E-state index is 12.1. The Hall–Kier alpha value is -2.08. The van der Waals surface area contributed by atoms with Crippen molar-refractivity contribution in [1.82, 2.24) is 4.90 Å². The molecule has 0 bridgehead atoms. The molecule has 0 aliphatic heterocycles. The SMILES string of the molecule is CN(C)CC(=O)c1cccc(NC(=O)CCCOc2ccc(Cl)cc2Cl)c1. The van der Waals surface area contributed by atoms with Gasteiger partial charge in [0.15, 0.2) is 5.78 Å². The average Bonchev–Trinajstić information content (AvgIpc) is 2.60. The number of carbonyl (C=O) groups excluding carboxylic acids is 2. The third-order valence-electron chi connectivity index (χ3n) is 3.63. The van der Waals surface area contributed by atoms with E-state index >= 15 is 0 Å². The van der Waals surface area contributed by atoms with E-state index in [9.17, 15) is 9.59 Å². The van der Waals surface area contributed by atoms with Gasteiger partial charge in [0, 0.05) is 22.7 Å². The van der Waals surface area contributed by atoms with Gasteiger partial charge in [0.2, 0.25) is 5.91 Å². The summed E-state index contributed by atoms with van der Waals surface area (Å²) in [6.45, 7) is 0.679. The Balaban J connectivity index is 1.79. The molecule has 0 spiro atoms. The van der Waals surface area contributed by atoms with Crippen LogP contribution in [0, 0.1) is 0 Å². The van der Waals surface area contributed by atoms with Gasteiger partial charge in [0.25, 0.3) is 0 Å². The molecule has 0 aromatic heterocycles. The van der Waals surface area contributed by atoms with Crippen molar-refractivity contribution in [1.29, 1.82) is 0 Å². The van der Waals surface area contributed by atoms with E-state index in [4.69, 9.17) is 27.9 Å². The summed E-state index contributed by atoms with van der Waals surface area (Å²) in [5, 5.41) is 3.78. The molecule has 1 N–H and O–H groups in total. The van der Waals surface area contributed by atoms with Crippen LogP contribution in [0.4, 0.5) is 5.69 Å². The largest absolute Gasteiger partial charge is 0.492 e. The van der Waals surface area contributed by atoms with E-state index in [1.165, 1.54) is 0 Å². The van der Waals surface area contributed by atoms with Gasteiger partial charge in [0.05, 0.1) is 18.2 Å². The van der Waals surface area contributed by atoms with Crippen molar-refractivity contribution in [2.24, 2.45) is 0 Å². The lowest BCUT2D eigenvalue weighted by atomic mass is 10.1. The maximum atomic E-state index is 12.1. The molecule has 2 rings (SSSR count). The first-order valence-corrected chi connectivity index (χ1v) is 9.26. The van der Waals surface area contributed by atoms with Crippen LogP contribution < -0.4 is 10.1 Å². The lowest BCUT2D eigenvalue weighted by molar-refractivity contribution is -0.116. The van der Waals surface area contributed by atoms with Gasteiger partial charge < -0.3 is 15.0 Å². The lowest BCUT2D eigenvalue weighted by Crippen LogP contribution is -2.21. The van der Waals surface area contributed by atoms with Gasteiger partial charge in [-0.1, -0.05) is 35.3 Å². The van der Waals surface area contributed by atoms with Crippen LogP contribution in [-0.4, -0.2) is 43.8 Å². The molecule has 27 heavy (non-hydrogen) atoms.